The van der Waals surface area contributed by atoms with Gasteiger partial charge in [0.05, 0.1) is 26.9 Å². The number of sulfonamides is 1. The zero-order valence-electron chi connectivity index (χ0n) is 15.8. The van der Waals surface area contributed by atoms with Crippen molar-refractivity contribution in [2.75, 3.05) is 22.9 Å². The van der Waals surface area contributed by atoms with E-state index < -0.39 is 10.0 Å². The maximum absolute atomic E-state index is 12.8. The fourth-order valence-electron chi connectivity index (χ4n) is 2.71. The van der Waals surface area contributed by atoms with Gasteiger partial charge in [0.25, 0.3) is 15.9 Å². The molecule has 150 valence electrons. The van der Waals surface area contributed by atoms with E-state index in [2.05, 4.69) is 5.32 Å². The lowest BCUT2D eigenvalue weighted by Crippen LogP contribution is -2.26. The lowest BCUT2D eigenvalue weighted by molar-refractivity contribution is 0.102. The van der Waals surface area contributed by atoms with Crippen molar-refractivity contribution in [1.82, 2.24) is 0 Å². The van der Waals surface area contributed by atoms with E-state index in [0.717, 1.165) is 9.20 Å². The molecule has 1 N–H and O–H groups in total. The summed E-state index contributed by atoms with van der Waals surface area (Å²) in [6, 6.07) is 20.1. The Bertz CT molecular complexity index is 1140. The van der Waals surface area contributed by atoms with E-state index in [1.54, 1.807) is 24.3 Å². The van der Waals surface area contributed by atoms with Gasteiger partial charge in [0, 0.05) is 11.9 Å². The van der Waals surface area contributed by atoms with Crippen LogP contribution in [0.25, 0.3) is 0 Å². The molecule has 1 amide bonds. The van der Waals surface area contributed by atoms with Crippen molar-refractivity contribution >= 4 is 50.7 Å². The maximum atomic E-state index is 12.8. The van der Waals surface area contributed by atoms with Crippen LogP contribution in [0.15, 0.2) is 82.6 Å². The number of nitrogens with zero attached hydrogens (tertiary/aromatic N) is 1. The lowest BCUT2D eigenvalue weighted by atomic mass is 10.2. The Morgan fingerprint density at radius 3 is 2.31 bits per heavy atom. The van der Waals surface area contributed by atoms with E-state index in [4.69, 9.17) is 11.6 Å². The van der Waals surface area contributed by atoms with Crippen LogP contribution in [-0.4, -0.2) is 27.6 Å². The Labute approximate surface area is 179 Å². The molecule has 3 aromatic rings. The van der Waals surface area contributed by atoms with E-state index in [9.17, 15) is 13.2 Å². The molecule has 0 heterocycles. The number of anilines is 2. The Morgan fingerprint density at radius 2 is 1.66 bits per heavy atom. The number of rotatable bonds is 6. The summed E-state index contributed by atoms with van der Waals surface area (Å²) in [7, 11) is -2.28. The van der Waals surface area contributed by atoms with Crippen molar-refractivity contribution in [1.29, 1.82) is 0 Å². The Kier molecular flexibility index (Phi) is 6.52. The Morgan fingerprint density at radius 1 is 1.00 bits per heavy atom. The first-order chi connectivity index (χ1) is 13.8. The molecule has 0 aliphatic rings. The molecule has 0 aromatic heterocycles. The molecule has 0 aliphatic carbocycles. The summed E-state index contributed by atoms with van der Waals surface area (Å²) in [6.45, 7) is 0. The third kappa shape index (κ3) is 4.58. The number of halogens is 1. The first-order valence-electron chi connectivity index (χ1n) is 8.62. The molecule has 3 aromatic carbocycles. The normalized spacial score (nSPS) is 11.1. The van der Waals surface area contributed by atoms with Crippen molar-refractivity contribution in [3.05, 3.63) is 83.4 Å². The molecule has 0 atom stereocenters. The number of thioether (sulfide) groups is 1. The Hall–Kier alpha value is -2.48. The highest BCUT2D eigenvalue weighted by Crippen LogP contribution is 2.29. The van der Waals surface area contributed by atoms with Crippen LogP contribution in [-0.2, 0) is 10.0 Å². The van der Waals surface area contributed by atoms with Crippen molar-refractivity contribution in [3.8, 4) is 0 Å². The van der Waals surface area contributed by atoms with Gasteiger partial charge in [0.1, 0.15) is 0 Å². The predicted octanol–water partition coefficient (Wildman–Crippen LogP) is 5.14. The summed E-state index contributed by atoms with van der Waals surface area (Å²) < 4.78 is 26.7. The molecule has 5 nitrogen and oxygen atoms in total. The molecule has 0 spiro atoms. The van der Waals surface area contributed by atoms with E-state index in [-0.39, 0.29) is 21.4 Å². The van der Waals surface area contributed by atoms with Crippen molar-refractivity contribution < 1.29 is 13.2 Å². The van der Waals surface area contributed by atoms with Crippen LogP contribution in [0.3, 0.4) is 0 Å². The number of nitrogens with one attached hydrogen (secondary N) is 1. The Balaban J connectivity index is 1.86. The number of hydrogen-bond donors (Lipinski definition) is 1. The fourth-order valence-corrected chi connectivity index (χ4v) is 4.73. The zero-order valence-corrected chi connectivity index (χ0v) is 18.2. The predicted molar refractivity (Wildman–Crippen MR) is 120 cm³/mol. The second-order valence-electron chi connectivity index (χ2n) is 6.10. The third-order valence-electron chi connectivity index (χ3n) is 4.32. The number of para-hydroxylation sites is 1. The maximum Gasteiger partial charge on any atom is 0.264 e. The van der Waals surface area contributed by atoms with Gasteiger partial charge in [0.15, 0.2) is 0 Å². The monoisotopic (exact) mass is 446 g/mol. The summed E-state index contributed by atoms with van der Waals surface area (Å²) in [5.74, 6) is -0.364. The average Bonchev–Trinajstić information content (AvgIpc) is 2.74. The molecule has 0 aliphatic heterocycles. The minimum Gasteiger partial charge on any atom is -0.321 e. The van der Waals surface area contributed by atoms with E-state index in [0.29, 0.717) is 11.4 Å². The van der Waals surface area contributed by atoms with Gasteiger partial charge in [-0.25, -0.2) is 8.42 Å². The molecule has 0 unspecified atom stereocenters. The summed E-state index contributed by atoms with van der Waals surface area (Å²) >= 11 is 7.84. The van der Waals surface area contributed by atoms with Crippen LogP contribution < -0.4 is 9.62 Å². The quantitative estimate of drug-likeness (QED) is 0.532. The van der Waals surface area contributed by atoms with Gasteiger partial charge >= 0.3 is 0 Å². The van der Waals surface area contributed by atoms with Gasteiger partial charge in [-0.1, -0.05) is 41.9 Å². The van der Waals surface area contributed by atoms with Crippen LogP contribution in [0.5, 0.6) is 0 Å². The summed E-state index contributed by atoms with van der Waals surface area (Å²) in [6.07, 6.45) is 1.93. The molecular formula is C21H19ClN2O3S2. The molecule has 0 saturated heterocycles. The van der Waals surface area contributed by atoms with Gasteiger partial charge in [-0.3, -0.25) is 9.10 Å². The standard InChI is InChI=1S/C21H19ClN2O3S2/c1-24(29(26,27)16-8-4-3-5-9-16)15-12-13-17(18(22)14-15)21(25)23-19-10-6-7-11-20(19)28-2/h3-14H,1-2H3,(H,23,25). The number of benzene rings is 3. The molecule has 0 radical (unpaired) electrons. The molecular weight excluding hydrogens is 428 g/mol. The van der Waals surface area contributed by atoms with Crippen molar-refractivity contribution in [2.45, 2.75) is 9.79 Å². The molecule has 8 heteroatoms. The second kappa shape index (κ2) is 8.90. The summed E-state index contributed by atoms with van der Waals surface area (Å²) in [4.78, 5) is 13.8. The number of amides is 1. The average molecular weight is 447 g/mol. The molecule has 0 fully saturated rings. The highest BCUT2D eigenvalue weighted by molar-refractivity contribution is 7.98. The largest absolute Gasteiger partial charge is 0.321 e. The molecule has 0 saturated carbocycles. The first kappa shape index (κ1) is 21.2. The van der Waals surface area contributed by atoms with Crippen LogP contribution >= 0.6 is 23.4 Å². The fraction of sp³-hybridized carbons (Fsp3) is 0.0952. The van der Waals surface area contributed by atoms with Gasteiger partial charge in [-0.2, -0.15) is 0 Å². The van der Waals surface area contributed by atoms with Gasteiger partial charge < -0.3 is 5.32 Å². The SMILES string of the molecule is CSc1ccccc1NC(=O)c1ccc(N(C)S(=O)(=O)c2ccccc2)cc1Cl. The van der Waals surface area contributed by atoms with E-state index >= 15 is 0 Å². The molecule has 3 rings (SSSR count). The van der Waals surface area contributed by atoms with E-state index in [1.807, 2.05) is 30.5 Å². The highest BCUT2D eigenvalue weighted by Gasteiger charge is 2.22. The van der Waals surface area contributed by atoms with Crippen LogP contribution in [0, 0.1) is 0 Å². The van der Waals surface area contributed by atoms with E-state index in [1.165, 1.54) is 43.1 Å². The second-order valence-corrected chi connectivity index (χ2v) is 9.33. The number of carbonyl (C=O) groups is 1. The minimum atomic E-state index is -3.73. The number of carbonyl (C=O) groups excluding carboxylic acids is 1. The molecule has 29 heavy (non-hydrogen) atoms. The summed E-state index contributed by atoms with van der Waals surface area (Å²) in [5.41, 5.74) is 1.31. The van der Waals surface area contributed by atoms with Crippen LogP contribution in [0.2, 0.25) is 5.02 Å². The third-order valence-corrected chi connectivity index (χ3v) is 7.23. The lowest BCUT2D eigenvalue weighted by Gasteiger charge is -2.20. The van der Waals surface area contributed by atoms with Gasteiger partial charge in [-0.05, 0) is 48.7 Å². The molecule has 0 bridgehead atoms. The minimum absolute atomic E-state index is 0.164. The highest BCUT2D eigenvalue weighted by atomic mass is 35.5. The number of hydrogen-bond acceptors (Lipinski definition) is 4. The zero-order chi connectivity index (χ0) is 21.0. The van der Waals surface area contributed by atoms with Crippen LogP contribution in [0.4, 0.5) is 11.4 Å². The summed E-state index contributed by atoms with van der Waals surface area (Å²) in [5, 5.41) is 3.01. The van der Waals surface area contributed by atoms with Gasteiger partial charge in [0.2, 0.25) is 0 Å². The van der Waals surface area contributed by atoms with Gasteiger partial charge in [-0.15, -0.1) is 11.8 Å². The smallest absolute Gasteiger partial charge is 0.264 e. The topological polar surface area (TPSA) is 66.5 Å². The van der Waals surface area contributed by atoms with Crippen molar-refractivity contribution in [2.24, 2.45) is 0 Å². The van der Waals surface area contributed by atoms with Crippen molar-refractivity contribution in [3.63, 3.8) is 0 Å². The van der Waals surface area contributed by atoms with Crippen LogP contribution in [0.1, 0.15) is 10.4 Å². The first-order valence-corrected chi connectivity index (χ1v) is 11.7.